The van der Waals surface area contributed by atoms with Crippen LogP contribution in [-0.4, -0.2) is 12.3 Å². The number of nitrogens with one attached hydrogen (secondary N) is 1. The highest BCUT2D eigenvalue weighted by Crippen LogP contribution is 2.11. The average Bonchev–Trinajstić information content (AvgIpc) is 2.48. The highest BCUT2D eigenvalue weighted by atomic mass is 16.1. The first-order valence-electron chi connectivity index (χ1n) is 7.11. The van der Waals surface area contributed by atoms with Crippen LogP contribution in [0.4, 0.5) is 5.69 Å². The van der Waals surface area contributed by atoms with Gasteiger partial charge in [0.15, 0.2) is 5.78 Å². The second-order valence-electron chi connectivity index (χ2n) is 5.02. The Bertz CT molecular complexity index is 555. The summed E-state index contributed by atoms with van der Waals surface area (Å²) in [5.41, 5.74) is 4.36. The molecule has 0 bridgehead atoms. The predicted molar refractivity (Wildman–Crippen MR) is 84.4 cm³/mol. The number of carbonyl (C=O) groups is 1. The van der Waals surface area contributed by atoms with E-state index < -0.39 is 0 Å². The fourth-order valence-corrected chi connectivity index (χ4v) is 2.06. The van der Waals surface area contributed by atoms with Crippen LogP contribution in [0.3, 0.4) is 0 Å². The van der Waals surface area contributed by atoms with Gasteiger partial charge in [-0.25, -0.2) is 0 Å². The minimum Gasteiger partial charge on any atom is -0.385 e. The first kappa shape index (κ1) is 14.3. The van der Waals surface area contributed by atoms with Crippen molar-refractivity contribution in [2.24, 2.45) is 0 Å². The van der Waals surface area contributed by atoms with E-state index in [1.807, 2.05) is 31.2 Å². The van der Waals surface area contributed by atoms with Crippen molar-refractivity contribution in [3.63, 3.8) is 0 Å². The van der Waals surface area contributed by atoms with Crippen LogP contribution in [-0.2, 0) is 6.42 Å². The maximum atomic E-state index is 12.0. The summed E-state index contributed by atoms with van der Waals surface area (Å²) >= 11 is 0. The van der Waals surface area contributed by atoms with Gasteiger partial charge in [-0.1, -0.05) is 48.9 Å². The van der Waals surface area contributed by atoms with Crippen LogP contribution < -0.4 is 5.32 Å². The molecular weight excluding hydrogens is 246 g/mol. The third-order valence-electron chi connectivity index (χ3n) is 3.42. The maximum Gasteiger partial charge on any atom is 0.164 e. The van der Waals surface area contributed by atoms with Gasteiger partial charge < -0.3 is 5.32 Å². The minimum absolute atomic E-state index is 0.183. The highest BCUT2D eigenvalue weighted by molar-refractivity contribution is 5.96. The van der Waals surface area contributed by atoms with Crippen LogP contribution >= 0.6 is 0 Å². The second-order valence-corrected chi connectivity index (χ2v) is 5.02. The van der Waals surface area contributed by atoms with Crippen LogP contribution in [0, 0.1) is 6.92 Å². The summed E-state index contributed by atoms with van der Waals surface area (Å²) in [5.74, 6) is 0.183. The molecule has 20 heavy (non-hydrogen) atoms. The molecule has 0 heterocycles. The zero-order valence-corrected chi connectivity index (χ0v) is 12.1. The summed E-state index contributed by atoms with van der Waals surface area (Å²) < 4.78 is 0. The lowest BCUT2D eigenvalue weighted by Crippen LogP contribution is -2.08. The molecule has 104 valence electrons. The second kappa shape index (κ2) is 6.90. The van der Waals surface area contributed by atoms with Gasteiger partial charge in [0, 0.05) is 24.2 Å². The van der Waals surface area contributed by atoms with Gasteiger partial charge in [0.25, 0.3) is 0 Å². The number of anilines is 1. The van der Waals surface area contributed by atoms with Gasteiger partial charge in [-0.15, -0.1) is 0 Å². The molecule has 2 heteroatoms. The molecule has 0 atom stereocenters. The monoisotopic (exact) mass is 267 g/mol. The Balaban J connectivity index is 1.82. The summed E-state index contributed by atoms with van der Waals surface area (Å²) in [4.78, 5) is 12.0. The van der Waals surface area contributed by atoms with Crippen molar-refractivity contribution in [2.75, 3.05) is 11.9 Å². The molecule has 0 aliphatic heterocycles. The lowest BCUT2D eigenvalue weighted by atomic mass is 10.1. The van der Waals surface area contributed by atoms with E-state index in [0.717, 1.165) is 17.7 Å². The van der Waals surface area contributed by atoms with Gasteiger partial charge >= 0.3 is 0 Å². The number of benzene rings is 2. The molecule has 0 saturated heterocycles. The summed E-state index contributed by atoms with van der Waals surface area (Å²) in [7, 11) is 0. The van der Waals surface area contributed by atoms with Gasteiger partial charge in [-0.2, -0.15) is 0 Å². The smallest absolute Gasteiger partial charge is 0.164 e. The normalized spacial score (nSPS) is 10.3. The molecule has 0 spiro atoms. The lowest BCUT2D eigenvalue weighted by Gasteiger charge is -2.07. The molecule has 0 amide bonds. The Hall–Kier alpha value is -2.09. The Morgan fingerprint density at radius 2 is 1.65 bits per heavy atom. The SMILES string of the molecule is CCc1ccc(NCCC(=O)c2ccc(C)cc2)cc1. The van der Waals surface area contributed by atoms with Crippen molar-refractivity contribution in [1.29, 1.82) is 0 Å². The van der Waals surface area contributed by atoms with Gasteiger partial charge in [0.2, 0.25) is 0 Å². The van der Waals surface area contributed by atoms with Gasteiger partial charge in [0.1, 0.15) is 0 Å². The van der Waals surface area contributed by atoms with Crippen LogP contribution in [0.25, 0.3) is 0 Å². The molecule has 0 fully saturated rings. The Kier molecular flexibility index (Phi) is 4.94. The average molecular weight is 267 g/mol. The zero-order chi connectivity index (χ0) is 14.4. The number of rotatable bonds is 6. The molecule has 0 aromatic heterocycles. The van der Waals surface area contributed by atoms with E-state index in [1.54, 1.807) is 0 Å². The fourth-order valence-electron chi connectivity index (χ4n) is 2.06. The van der Waals surface area contributed by atoms with Crippen LogP contribution in [0.1, 0.15) is 34.8 Å². The summed E-state index contributed by atoms with van der Waals surface area (Å²) in [5, 5.41) is 3.29. The fraction of sp³-hybridized carbons (Fsp3) is 0.278. The maximum absolute atomic E-state index is 12.0. The molecule has 2 nitrogen and oxygen atoms in total. The molecule has 0 radical (unpaired) electrons. The van der Waals surface area contributed by atoms with Crippen LogP contribution in [0.2, 0.25) is 0 Å². The van der Waals surface area contributed by atoms with Gasteiger partial charge in [-0.05, 0) is 31.0 Å². The van der Waals surface area contributed by atoms with E-state index in [1.165, 1.54) is 11.1 Å². The summed E-state index contributed by atoms with van der Waals surface area (Å²) in [6, 6.07) is 16.1. The highest BCUT2D eigenvalue weighted by Gasteiger charge is 2.04. The van der Waals surface area contributed by atoms with Gasteiger partial charge in [-0.3, -0.25) is 4.79 Å². The van der Waals surface area contributed by atoms with Crippen molar-refractivity contribution in [2.45, 2.75) is 26.7 Å². The van der Waals surface area contributed by atoms with Crippen LogP contribution in [0.15, 0.2) is 48.5 Å². The molecule has 0 aliphatic carbocycles. The summed E-state index contributed by atoms with van der Waals surface area (Å²) in [6.07, 6.45) is 1.56. The van der Waals surface area contributed by atoms with E-state index in [-0.39, 0.29) is 5.78 Å². The molecule has 2 rings (SSSR count). The predicted octanol–water partition coefficient (Wildman–Crippen LogP) is 4.24. The topological polar surface area (TPSA) is 29.1 Å². The molecule has 0 aliphatic rings. The van der Waals surface area contributed by atoms with E-state index in [4.69, 9.17) is 0 Å². The number of aryl methyl sites for hydroxylation is 2. The Morgan fingerprint density at radius 3 is 2.25 bits per heavy atom. The van der Waals surface area contributed by atoms with Crippen molar-refractivity contribution >= 4 is 11.5 Å². The van der Waals surface area contributed by atoms with Gasteiger partial charge in [0.05, 0.1) is 0 Å². The Labute approximate surface area is 120 Å². The zero-order valence-electron chi connectivity index (χ0n) is 12.1. The molecule has 2 aromatic carbocycles. The molecule has 1 N–H and O–H groups in total. The quantitative estimate of drug-likeness (QED) is 0.793. The number of ketones is 1. The number of hydrogen-bond acceptors (Lipinski definition) is 2. The lowest BCUT2D eigenvalue weighted by molar-refractivity contribution is 0.0986. The van der Waals surface area contributed by atoms with E-state index in [9.17, 15) is 4.79 Å². The first-order chi connectivity index (χ1) is 9.69. The molecule has 2 aromatic rings. The van der Waals surface area contributed by atoms with E-state index in [2.05, 4.69) is 36.5 Å². The van der Waals surface area contributed by atoms with Crippen molar-refractivity contribution in [1.82, 2.24) is 0 Å². The Morgan fingerprint density at radius 1 is 1.00 bits per heavy atom. The minimum atomic E-state index is 0.183. The third-order valence-corrected chi connectivity index (χ3v) is 3.42. The first-order valence-corrected chi connectivity index (χ1v) is 7.11. The number of Topliss-reactive ketones (excluding diaryl/α,β-unsaturated/α-hetero) is 1. The number of carbonyl (C=O) groups excluding carboxylic acids is 1. The third kappa shape index (κ3) is 3.95. The molecule has 0 saturated carbocycles. The molecule has 0 unspecified atom stereocenters. The van der Waals surface area contributed by atoms with Crippen molar-refractivity contribution < 1.29 is 4.79 Å². The summed E-state index contributed by atoms with van der Waals surface area (Å²) in [6.45, 7) is 4.83. The number of hydrogen-bond donors (Lipinski definition) is 1. The molecular formula is C18H21NO. The largest absolute Gasteiger partial charge is 0.385 e. The van der Waals surface area contributed by atoms with Crippen molar-refractivity contribution in [3.05, 3.63) is 65.2 Å². The van der Waals surface area contributed by atoms with Crippen LogP contribution in [0.5, 0.6) is 0 Å². The van der Waals surface area contributed by atoms with E-state index >= 15 is 0 Å². The standard InChI is InChI=1S/C18H21NO/c1-3-15-6-10-17(11-7-15)19-13-12-18(20)16-8-4-14(2)5-9-16/h4-11,19H,3,12-13H2,1-2H3. The van der Waals surface area contributed by atoms with E-state index in [0.29, 0.717) is 13.0 Å². The van der Waals surface area contributed by atoms with Crippen molar-refractivity contribution in [3.8, 4) is 0 Å².